The van der Waals surface area contributed by atoms with Crippen molar-refractivity contribution in [2.45, 2.75) is 63.8 Å². The van der Waals surface area contributed by atoms with Gasteiger partial charge in [-0.15, -0.1) is 0 Å². The maximum absolute atomic E-state index is 13.5. The molecule has 1 aromatic carbocycles. The molecule has 2 N–H and O–H groups in total. The van der Waals surface area contributed by atoms with Crippen molar-refractivity contribution in [3.63, 3.8) is 0 Å². The number of hydrogen-bond acceptors (Lipinski definition) is 4. The molecule has 0 atom stereocenters. The lowest BCUT2D eigenvalue weighted by Crippen LogP contribution is -2.47. The lowest BCUT2D eigenvalue weighted by molar-refractivity contribution is -0.121. The Morgan fingerprint density at radius 2 is 1.73 bits per heavy atom. The zero-order valence-corrected chi connectivity index (χ0v) is 16.7. The van der Waals surface area contributed by atoms with Crippen LogP contribution in [-0.2, 0) is 14.8 Å². The molecule has 0 unspecified atom stereocenters. The second kappa shape index (κ2) is 8.97. The summed E-state index contributed by atoms with van der Waals surface area (Å²) in [4.78, 5) is 12.5. The molecule has 0 spiro atoms. The summed E-state index contributed by atoms with van der Waals surface area (Å²) in [6, 6.07) is 3.57. The number of aliphatic hydroxyl groups excluding tert-OH is 1. The van der Waals surface area contributed by atoms with Gasteiger partial charge >= 0.3 is 0 Å². The smallest absolute Gasteiger partial charge is 0.244 e. The van der Waals surface area contributed by atoms with E-state index in [9.17, 15) is 13.2 Å². The van der Waals surface area contributed by atoms with Gasteiger partial charge in [-0.3, -0.25) is 4.79 Å². The summed E-state index contributed by atoms with van der Waals surface area (Å²) in [5, 5.41) is 11.5. The van der Waals surface area contributed by atoms with E-state index >= 15 is 0 Å². The van der Waals surface area contributed by atoms with Crippen LogP contribution in [-0.4, -0.2) is 49.5 Å². The Bertz CT molecular complexity index is 717. The van der Waals surface area contributed by atoms with Crippen LogP contribution in [0.15, 0.2) is 17.0 Å². The molecule has 0 saturated heterocycles. The third-order valence-corrected chi connectivity index (χ3v) is 7.09. The average Bonchev–Trinajstić information content (AvgIpc) is 2.57. The highest BCUT2D eigenvalue weighted by atomic mass is 32.2. The van der Waals surface area contributed by atoms with Crippen molar-refractivity contribution in [1.82, 2.24) is 9.62 Å². The minimum Gasteiger partial charge on any atom is -0.395 e. The molecular weight excluding hydrogens is 352 g/mol. The third kappa shape index (κ3) is 4.84. The summed E-state index contributed by atoms with van der Waals surface area (Å²) < 4.78 is 28.4. The van der Waals surface area contributed by atoms with Gasteiger partial charge in [-0.2, -0.15) is 4.31 Å². The molecule has 26 heavy (non-hydrogen) atoms. The summed E-state index contributed by atoms with van der Waals surface area (Å²) in [6.45, 7) is 5.30. The Balaban J connectivity index is 2.40. The number of carbonyl (C=O) groups excluding carboxylic acids is 1. The average molecular weight is 383 g/mol. The molecule has 1 fully saturated rings. The van der Waals surface area contributed by atoms with E-state index in [2.05, 4.69) is 5.32 Å². The minimum atomic E-state index is -3.79. The van der Waals surface area contributed by atoms with Crippen molar-refractivity contribution in [2.75, 3.05) is 19.7 Å². The van der Waals surface area contributed by atoms with Crippen LogP contribution in [0.5, 0.6) is 0 Å². The number of aryl methyl sites for hydroxylation is 3. The van der Waals surface area contributed by atoms with Crippen LogP contribution in [0, 0.1) is 20.8 Å². The first kappa shape index (κ1) is 20.9. The predicted molar refractivity (Wildman–Crippen MR) is 102 cm³/mol. The van der Waals surface area contributed by atoms with Gasteiger partial charge in [-0.25, -0.2) is 8.42 Å². The molecule has 1 saturated carbocycles. The number of aliphatic hydroxyl groups is 1. The molecule has 146 valence electrons. The first-order chi connectivity index (χ1) is 12.3. The number of amides is 1. The predicted octanol–water partition coefficient (Wildman–Crippen LogP) is 2.04. The van der Waals surface area contributed by atoms with E-state index in [1.54, 1.807) is 13.8 Å². The summed E-state index contributed by atoms with van der Waals surface area (Å²) in [7, 11) is -3.79. The fourth-order valence-electron chi connectivity index (χ4n) is 3.86. The molecule has 0 bridgehead atoms. The number of benzene rings is 1. The fraction of sp³-hybridized carbons (Fsp3) is 0.632. The molecule has 1 amide bonds. The Labute approximate surface area is 156 Å². The Morgan fingerprint density at radius 1 is 1.15 bits per heavy atom. The second-order valence-electron chi connectivity index (χ2n) is 7.14. The Morgan fingerprint density at radius 3 is 2.27 bits per heavy atom. The van der Waals surface area contributed by atoms with E-state index in [0.29, 0.717) is 16.0 Å². The van der Waals surface area contributed by atoms with E-state index in [4.69, 9.17) is 5.11 Å². The molecule has 2 rings (SSSR count). The van der Waals surface area contributed by atoms with E-state index in [1.807, 2.05) is 19.1 Å². The lowest BCUT2D eigenvalue weighted by Gasteiger charge is -2.33. The number of nitrogens with zero attached hydrogens (tertiary/aromatic N) is 1. The van der Waals surface area contributed by atoms with Gasteiger partial charge in [0, 0.05) is 12.6 Å². The maximum atomic E-state index is 13.5. The molecule has 6 nitrogen and oxygen atoms in total. The summed E-state index contributed by atoms with van der Waals surface area (Å²) in [5.41, 5.74) is 2.43. The van der Waals surface area contributed by atoms with Gasteiger partial charge in [-0.05, 0) is 44.7 Å². The topological polar surface area (TPSA) is 86.7 Å². The van der Waals surface area contributed by atoms with Gasteiger partial charge in [0.2, 0.25) is 15.9 Å². The van der Waals surface area contributed by atoms with Crippen LogP contribution >= 0.6 is 0 Å². The Hall–Kier alpha value is -1.44. The molecule has 1 aromatic rings. The molecule has 7 heteroatoms. The minimum absolute atomic E-state index is 0.125. The van der Waals surface area contributed by atoms with Crippen LogP contribution < -0.4 is 5.32 Å². The van der Waals surface area contributed by atoms with Crippen molar-refractivity contribution in [3.8, 4) is 0 Å². The van der Waals surface area contributed by atoms with E-state index in [0.717, 1.165) is 37.7 Å². The lowest BCUT2D eigenvalue weighted by atomic mass is 9.95. The first-order valence-electron chi connectivity index (χ1n) is 9.24. The number of rotatable bonds is 7. The molecule has 0 heterocycles. The highest BCUT2D eigenvalue weighted by molar-refractivity contribution is 7.89. The van der Waals surface area contributed by atoms with Crippen molar-refractivity contribution in [3.05, 3.63) is 28.8 Å². The summed E-state index contributed by atoms with van der Waals surface area (Å²) in [6.07, 6.45) is 4.60. The largest absolute Gasteiger partial charge is 0.395 e. The maximum Gasteiger partial charge on any atom is 0.244 e. The van der Waals surface area contributed by atoms with Crippen LogP contribution in [0.25, 0.3) is 0 Å². The third-order valence-electron chi connectivity index (χ3n) is 4.89. The normalized spacial score (nSPS) is 16.0. The highest BCUT2D eigenvalue weighted by Crippen LogP contribution is 2.31. The first-order valence-corrected chi connectivity index (χ1v) is 10.7. The monoisotopic (exact) mass is 382 g/mol. The van der Waals surface area contributed by atoms with Gasteiger partial charge in [0.05, 0.1) is 18.0 Å². The van der Waals surface area contributed by atoms with Crippen molar-refractivity contribution in [2.24, 2.45) is 0 Å². The molecule has 1 aliphatic rings. The van der Waals surface area contributed by atoms with Crippen molar-refractivity contribution >= 4 is 15.9 Å². The molecule has 0 aliphatic heterocycles. The van der Waals surface area contributed by atoms with Gasteiger partial charge in [0.1, 0.15) is 0 Å². The molecule has 0 radical (unpaired) electrons. The standard InChI is InChI=1S/C19H30N2O4S/c1-14-11-15(2)19(16(3)12-14)26(24,25)21(13-18(23)20-9-10-22)17-7-5-4-6-8-17/h11-12,17,22H,4-10,13H2,1-3H3,(H,20,23). The van der Waals surface area contributed by atoms with Crippen LogP contribution in [0.4, 0.5) is 0 Å². The van der Waals surface area contributed by atoms with Crippen LogP contribution in [0.3, 0.4) is 0 Å². The second-order valence-corrected chi connectivity index (χ2v) is 8.97. The zero-order chi connectivity index (χ0) is 19.3. The number of hydrogen-bond donors (Lipinski definition) is 2. The molecular formula is C19H30N2O4S. The number of sulfonamides is 1. The van der Waals surface area contributed by atoms with Gasteiger partial charge in [0.25, 0.3) is 0 Å². The number of nitrogens with one attached hydrogen (secondary N) is 1. The molecule has 1 aliphatic carbocycles. The van der Waals surface area contributed by atoms with E-state index in [1.165, 1.54) is 4.31 Å². The van der Waals surface area contributed by atoms with Crippen molar-refractivity contribution < 1.29 is 18.3 Å². The van der Waals surface area contributed by atoms with Crippen LogP contribution in [0.1, 0.15) is 48.8 Å². The molecule has 0 aromatic heterocycles. The summed E-state index contributed by atoms with van der Waals surface area (Å²) >= 11 is 0. The van der Waals surface area contributed by atoms with E-state index in [-0.39, 0.29) is 31.6 Å². The SMILES string of the molecule is Cc1cc(C)c(S(=O)(=O)N(CC(=O)NCCO)C2CCCCC2)c(C)c1. The number of carbonyl (C=O) groups is 1. The van der Waals surface area contributed by atoms with Crippen LogP contribution in [0.2, 0.25) is 0 Å². The van der Waals surface area contributed by atoms with Gasteiger partial charge in [0.15, 0.2) is 0 Å². The van der Waals surface area contributed by atoms with Gasteiger partial charge < -0.3 is 10.4 Å². The quantitative estimate of drug-likeness (QED) is 0.756. The summed E-state index contributed by atoms with van der Waals surface area (Å²) in [5.74, 6) is -0.379. The van der Waals surface area contributed by atoms with Gasteiger partial charge in [-0.1, -0.05) is 37.0 Å². The zero-order valence-electron chi connectivity index (χ0n) is 15.9. The highest BCUT2D eigenvalue weighted by Gasteiger charge is 2.35. The Kier molecular flexibility index (Phi) is 7.20. The van der Waals surface area contributed by atoms with Crippen molar-refractivity contribution in [1.29, 1.82) is 0 Å². The van der Waals surface area contributed by atoms with E-state index < -0.39 is 10.0 Å². The fourth-order valence-corrected chi connectivity index (χ4v) is 5.92.